The molecule has 0 aliphatic carbocycles. The first-order valence-corrected chi connectivity index (χ1v) is 18.3. The molecule has 52 heavy (non-hydrogen) atoms. The maximum atomic E-state index is 13.4. The minimum absolute atomic E-state index is 0.0600. The normalized spacial score (nSPS) is 17.0. The Labute approximate surface area is 307 Å². The SMILES string of the molecule is CCCNC(=O)[C@@H](CC(C)C)ONC(=O)c1cc(C(=O)NO[C@H](CC(C)C)C(=O)NCC(C)C)cc(C(=O)NO[C@@H]2CC(C)N(CC(C)C)C2=O)c1. The van der Waals surface area contributed by atoms with E-state index in [1.165, 1.54) is 18.2 Å². The van der Waals surface area contributed by atoms with Crippen LogP contribution in [0.25, 0.3) is 0 Å². The fourth-order valence-electron chi connectivity index (χ4n) is 5.33. The second-order valence-corrected chi connectivity index (χ2v) is 15.1. The molecule has 5 N–H and O–H groups in total. The highest BCUT2D eigenvalue weighted by Crippen LogP contribution is 2.22. The molecular formula is C37H60N6O9. The van der Waals surface area contributed by atoms with Crippen LogP contribution in [0.5, 0.6) is 0 Å². The number of hydrogen-bond acceptors (Lipinski definition) is 9. The van der Waals surface area contributed by atoms with E-state index in [2.05, 4.69) is 27.1 Å². The highest BCUT2D eigenvalue weighted by atomic mass is 16.7. The summed E-state index contributed by atoms with van der Waals surface area (Å²) >= 11 is 0. The third-order valence-electron chi connectivity index (χ3n) is 8.00. The molecule has 15 nitrogen and oxygen atoms in total. The van der Waals surface area contributed by atoms with Gasteiger partial charge in [0.1, 0.15) is 0 Å². The average molecular weight is 733 g/mol. The quantitative estimate of drug-likeness (QED) is 0.118. The first-order chi connectivity index (χ1) is 24.4. The van der Waals surface area contributed by atoms with Crippen LogP contribution in [0.4, 0.5) is 0 Å². The van der Waals surface area contributed by atoms with Crippen LogP contribution in [-0.4, -0.2) is 84.3 Å². The molecule has 292 valence electrons. The molecule has 1 aromatic carbocycles. The maximum absolute atomic E-state index is 13.4. The second-order valence-electron chi connectivity index (χ2n) is 15.1. The van der Waals surface area contributed by atoms with E-state index in [-0.39, 0.29) is 52.3 Å². The lowest BCUT2D eigenvalue weighted by atomic mass is 10.0. The van der Waals surface area contributed by atoms with Gasteiger partial charge in [-0.1, -0.05) is 62.3 Å². The van der Waals surface area contributed by atoms with E-state index in [9.17, 15) is 28.8 Å². The van der Waals surface area contributed by atoms with E-state index < -0.39 is 47.8 Å². The Morgan fingerprint density at radius 1 is 0.712 bits per heavy atom. The van der Waals surface area contributed by atoms with Crippen LogP contribution in [0.1, 0.15) is 126 Å². The molecule has 0 radical (unpaired) electrons. The number of carbonyl (C=O) groups excluding carboxylic acids is 6. The van der Waals surface area contributed by atoms with Crippen LogP contribution in [0.3, 0.4) is 0 Å². The minimum atomic E-state index is -1.00. The van der Waals surface area contributed by atoms with Gasteiger partial charge in [0.15, 0.2) is 18.3 Å². The minimum Gasteiger partial charge on any atom is -0.354 e. The van der Waals surface area contributed by atoms with Gasteiger partial charge in [-0.15, -0.1) is 0 Å². The van der Waals surface area contributed by atoms with Crippen molar-refractivity contribution in [3.63, 3.8) is 0 Å². The third kappa shape index (κ3) is 14.5. The molecule has 15 heteroatoms. The Kier molecular flexibility index (Phi) is 18.2. The van der Waals surface area contributed by atoms with Gasteiger partial charge in [-0.05, 0) is 68.1 Å². The van der Waals surface area contributed by atoms with Crippen LogP contribution in [0, 0.1) is 23.7 Å². The number of carbonyl (C=O) groups is 6. The smallest absolute Gasteiger partial charge is 0.274 e. The molecule has 1 aliphatic heterocycles. The predicted octanol–water partition coefficient (Wildman–Crippen LogP) is 3.44. The van der Waals surface area contributed by atoms with Crippen LogP contribution in [0.15, 0.2) is 18.2 Å². The van der Waals surface area contributed by atoms with E-state index in [0.29, 0.717) is 45.3 Å². The predicted molar refractivity (Wildman–Crippen MR) is 194 cm³/mol. The summed E-state index contributed by atoms with van der Waals surface area (Å²) in [6, 6.07) is 3.56. The van der Waals surface area contributed by atoms with Crippen LogP contribution < -0.4 is 27.1 Å². The summed E-state index contributed by atoms with van der Waals surface area (Å²) in [7, 11) is 0. The molecule has 2 rings (SSSR count). The Balaban J connectivity index is 2.34. The van der Waals surface area contributed by atoms with Crippen molar-refractivity contribution in [2.45, 2.75) is 119 Å². The zero-order valence-electron chi connectivity index (χ0n) is 32.4. The molecule has 4 atom stereocenters. The fourth-order valence-corrected chi connectivity index (χ4v) is 5.33. The Hall–Kier alpha value is -4.08. The van der Waals surface area contributed by atoms with E-state index in [4.69, 9.17) is 14.5 Å². The van der Waals surface area contributed by atoms with Crippen LogP contribution in [0.2, 0.25) is 0 Å². The van der Waals surface area contributed by atoms with E-state index in [0.717, 1.165) is 0 Å². The first kappa shape index (κ1) is 44.1. The molecule has 1 saturated heterocycles. The van der Waals surface area contributed by atoms with E-state index in [1.807, 2.05) is 69.2 Å². The Bertz CT molecular complexity index is 1380. The topological polar surface area (TPSA) is 194 Å². The van der Waals surface area contributed by atoms with Crippen molar-refractivity contribution in [3.05, 3.63) is 34.9 Å². The van der Waals surface area contributed by atoms with Gasteiger partial charge in [-0.25, -0.2) is 16.4 Å². The maximum Gasteiger partial charge on any atom is 0.274 e. The number of amides is 6. The van der Waals surface area contributed by atoms with Gasteiger partial charge in [-0.2, -0.15) is 0 Å². The molecule has 6 amide bonds. The molecule has 1 aliphatic rings. The van der Waals surface area contributed by atoms with Crippen molar-refractivity contribution in [2.75, 3.05) is 19.6 Å². The summed E-state index contributed by atoms with van der Waals surface area (Å²) < 4.78 is 0. The Morgan fingerprint density at radius 2 is 1.17 bits per heavy atom. The van der Waals surface area contributed by atoms with Crippen molar-refractivity contribution in [1.29, 1.82) is 0 Å². The third-order valence-corrected chi connectivity index (χ3v) is 8.00. The monoisotopic (exact) mass is 732 g/mol. The number of nitrogens with one attached hydrogen (secondary N) is 5. The average Bonchev–Trinajstić information content (AvgIpc) is 3.34. The first-order valence-electron chi connectivity index (χ1n) is 18.3. The van der Waals surface area contributed by atoms with Gasteiger partial charge < -0.3 is 15.5 Å². The number of nitrogens with zero attached hydrogens (tertiary/aromatic N) is 1. The summed E-state index contributed by atoms with van der Waals surface area (Å²) in [4.78, 5) is 97.1. The van der Waals surface area contributed by atoms with Crippen molar-refractivity contribution >= 4 is 35.4 Å². The zero-order chi connectivity index (χ0) is 39.1. The number of rotatable bonds is 21. The van der Waals surface area contributed by atoms with Gasteiger partial charge in [0.2, 0.25) is 0 Å². The standard InChI is InChI=1S/C37H60N6O9/c1-11-12-38-35(47)29(13-21(2)3)50-40-32(44)26-16-27(33(45)41-51-30(14-22(4)5)36(48)39-19-23(6)7)18-28(17-26)34(46)42-52-31-15-25(10)43(37(31)49)20-24(8)9/h16-18,21-25,29-31H,11-15,19-20H2,1-10H3,(H,38,47)(H,39,48)(H,40,44)(H,41,45)(H,42,46)/t25?,29-,30-,31-/m1/s1. The summed E-state index contributed by atoms with van der Waals surface area (Å²) in [5, 5.41) is 5.56. The molecule has 0 spiro atoms. The molecule has 1 fully saturated rings. The number of hydroxylamine groups is 3. The van der Waals surface area contributed by atoms with E-state index in [1.54, 1.807) is 4.90 Å². The molecule has 1 unspecified atom stereocenters. The second kappa shape index (κ2) is 21.4. The van der Waals surface area contributed by atoms with Crippen LogP contribution >= 0.6 is 0 Å². The summed E-state index contributed by atoms with van der Waals surface area (Å²) in [6.07, 6.45) is -1.20. The lowest BCUT2D eigenvalue weighted by Gasteiger charge is -2.23. The van der Waals surface area contributed by atoms with Gasteiger partial charge in [0.25, 0.3) is 35.4 Å². The van der Waals surface area contributed by atoms with Gasteiger partial charge in [0.05, 0.1) is 0 Å². The largest absolute Gasteiger partial charge is 0.354 e. The number of likely N-dealkylation sites (tertiary alicyclic amines) is 1. The number of benzene rings is 1. The highest BCUT2D eigenvalue weighted by Gasteiger charge is 2.39. The van der Waals surface area contributed by atoms with Crippen molar-refractivity contribution in [2.24, 2.45) is 23.7 Å². The summed E-state index contributed by atoms with van der Waals surface area (Å²) in [5.74, 6) is -2.97. The number of hydrogen-bond donors (Lipinski definition) is 5. The van der Waals surface area contributed by atoms with Gasteiger partial charge in [-0.3, -0.25) is 43.3 Å². The zero-order valence-corrected chi connectivity index (χ0v) is 32.4. The molecule has 0 saturated carbocycles. The van der Waals surface area contributed by atoms with Crippen molar-refractivity contribution in [1.82, 2.24) is 32.0 Å². The lowest BCUT2D eigenvalue weighted by molar-refractivity contribution is -0.141. The summed E-state index contributed by atoms with van der Waals surface area (Å²) in [5.41, 5.74) is 6.41. The van der Waals surface area contributed by atoms with E-state index >= 15 is 0 Å². The molecule has 0 aromatic heterocycles. The molecule has 1 aromatic rings. The highest BCUT2D eigenvalue weighted by molar-refractivity contribution is 6.04. The van der Waals surface area contributed by atoms with Gasteiger partial charge in [0, 0.05) is 48.8 Å². The van der Waals surface area contributed by atoms with Gasteiger partial charge >= 0.3 is 0 Å². The van der Waals surface area contributed by atoms with Crippen molar-refractivity contribution in [3.8, 4) is 0 Å². The molecule has 1 heterocycles. The molecule has 0 bridgehead atoms. The molecular weight excluding hydrogens is 672 g/mol. The van der Waals surface area contributed by atoms with Crippen LogP contribution in [-0.2, 0) is 28.9 Å². The van der Waals surface area contributed by atoms with Crippen molar-refractivity contribution < 1.29 is 43.3 Å². The summed E-state index contributed by atoms with van der Waals surface area (Å²) in [6.45, 7) is 20.7. The lowest BCUT2D eigenvalue weighted by Crippen LogP contribution is -2.43. The fraction of sp³-hybridized carbons (Fsp3) is 0.676. The Morgan fingerprint density at radius 3 is 1.60 bits per heavy atom.